The molecule has 1 unspecified atom stereocenters. The number of alkyl halides is 3. The van der Waals surface area contributed by atoms with E-state index in [0.717, 1.165) is 17.8 Å². The lowest BCUT2D eigenvalue weighted by Gasteiger charge is -2.07. The summed E-state index contributed by atoms with van der Waals surface area (Å²) in [4.78, 5) is 15.0. The lowest BCUT2D eigenvalue weighted by atomic mass is 10.3. The first-order valence-corrected chi connectivity index (χ1v) is 6.89. The van der Waals surface area contributed by atoms with Crippen molar-refractivity contribution in [2.75, 3.05) is 0 Å². The molecule has 3 rings (SSSR count). The molecule has 0 spiro atoms. The monoisotopic (exact) mass is 356 g/mol. The van der Waals surface area contributed by atoms with Crippen molar-refractivity contribution in [2.45, 2.75) is 19.1 Å². The zero-order valence-electron chi connectivity index (χ0n) is 12.9. The Morgan fingerprint density at radius 2 is 2.08 bits per heavy atom. The van der Waals surface area contributed by atoms with Crippen molar-refractivity contribution in [3.8, 4) is 11.6 Å². The molecule has 132 valence electrons. The van der Waals surface area contributed by atoms with Gasteiger partial charge in [0, 0.05) is 19.2 Å². The summed E-state index contributed by atoms with van der Waals surface area (Å²) in [6, 6.07) is 1.12. The van der Waals surface area contributed by atoms with E-state index in [1.54, 1.807) is 0 Å². The molecule has 9 nitrogen and oxygen atoms in total. The van der Waals surface area contributed by atoms with Gasteiger partial charge >= 0.3 is 12.1 Å². The summed E-state index contributed by atoms with van der Waals surface area (Å²) in [5.74, 6) is -1.33. The minimum atomic E-state index is -4.56. The number of carboxylic acids is 1. The molecule has 25 heavy (non-hydrogen) atoms. The number of aliphatic carboxylic acids is 1. The third kappa shape index (κ3) is 3.09. The number of ether oxygens (including phenoxy) is 1. The van der Waals surface area contributed by atoms with Gasteiger partial charge in [-0.1, -0.05) is 5.21 Å². The van der Waals surface area contributed by atoms with Crippen LogP contribution in [0.4, 0.5) is 13.2 Å². The van der Waals surface area contributed by atoms with E-state index in [4.69, 9.17) is 9.84 Å². The number of aryl methyl sites for hydroxylation is 1. The number of hydrogen-bond acceptors (Lipinski definition) is 6. The number of hydrogen-bond donors (Lipinski definition) is 1. The van der Waals surface area contributed by atoms with Gasteiger partial charge in [0.1, 0.15) is 23.0 Å². The first kappa shape index (κ1) is 16.7. The van der Waals surface area contributed by atoms with Crippen molar-refractivity contribution in [2.24, 2.45) is 7.05 Å². The quantitative estimate of drug-likeness (QED) is 0.762. The lowest BCUT2D eigenvalue weighted by Crippen LogP contribution is -2.16. The standard InChI is InChI=1S/C13H11F3N6O3/c1-6(12(23)24)22-8-3-7(5-17-11(8)18-20-22)25-10-4-9(13(14,15)16)21(2)19-10/h3-6H,1-2H3,(H,23,24). The largest absolute Gasteiger partial charge is 0.480 e. The zero-order chi connectivity index (χ0) is 18.4. The summed E-state index contributed by atoms with van der Waals surface area (Å²) in [5, 5.41) is 20.2. The SMILES string of the molecule is CC(C(=O)O)n1nnc2ncc(Oc3cc(C(F)(F)F)n(C)n3)cc21. The highest BCUT2D eigenvalue weighted by Crippen LogP contribution is 2.32. The Balaban J connectivity index is 1.95. The summed E-state index contributed by atoms with van der Waals surface area (Å²) in [6.07, 6.45) is -3.33. The number of carboxylic acid groups (broad SMARTS) is 1. The Bertz CT molecular complexity index is 948. The van der Waals surface area contributed by atoms with E-state index in [1.165, 1.54) is 19.2 Å². The van der Waals surface area contributed by atoms with Gasteiger partial charge in [0.15, 0.2) is 0 Å². The number of rotatable bonds is 4. The maximum absolute atomic E-state index is 12.8. The number of nitrogens with zero attached hydrogens (tertiary/aromatic N) is 6. The molecule has 0 bridgehead atoms. The molecule has 1 N–H and O–H groups in total. The molecular weight excluding hydrogens is 345 g/mol. The summed E-state index contributed by atoms with van der Waals surface area (Å²) in [5.41, 5.74) is -0.528. The molecule has 0 fully saturated rings. The molecule has 0 radical (unpaired) electrons. The van der Waals surface area contributed by atoms with Gasteiger partial charge in [0.2, 0.25) is 11.5 Å². The van der Waals surface area contributed by atoms with Gasteiger partial charge in [-0.05, 0) is 6.92 Å². The third-order valence-electron chi connectivity index (χ3n) is 3.40. The molecule has 0 saturated carbocycles. The molecule has 12 heteroatoms. The van der Waals surface area contributed by atoms with Crippen LogP contribution in [0, 0.1) is 0 Å². The van der Waals surface area contributed by atoms with Crippen LogP contribution in [0.2, 0.25) is 0 Å². The maximum atomic E-state index is 12.8. The van der Waals surface area contributed by atoms with Crippen molar-refractivity contribution in [3.05, 3.63) is 24.0 Å². The number of aromatic nitrogens is 6. The van der Waals surface area contributed by atoms with Crippen LogP contribution in [0.3, 0.4) is 0 Å². The fourth-order valence-corrected chi connectivity index (χ4v) is 2.14. The van der Waals surface area contributed by atoms with Gasteiger partial charge in [0.05, 0.1) is 6.20 Å². The van der Waals surface area contributed by atoms with Gasteiger partial charge < -0.3 is 9.84 Å². The third-order valence-corrected chi connectivity index (χ3v) is 3.40. The van der Waals surface area contributed by atoms with Gasteiger partial charge in [0.25, 0.3) is 0 Å². The molecule has 1 atom stereocenters. The molecule has 0 aliphatic heterocycles. The zero-order valence-corrected chi connectivity index (χ0v) is 12.9. The van der Waals surface area contributed by atoms with Crippen LogP contribution in [-0.4, -0.2) is 40.8 Å². The second-order valence-corrected chi connectivity index (χ2v) is 5.15. The summed E-state index contributed by atoms with van der Waals surface area (Å²) in [7, 11) is 1.14. The molecule has 3 aromatic rings. The van der Waals surface area contributed by atoms with Gasteiger partial charge in [-0.2, -0.15) is 13.2 Å². The molecule has 3 aromatic heterocycles. The second-order valence-electron chi connectivity index (χ2n) is 5.15. The van der Waals surface area contributed by atoms with Crippen LogP contribution in [-0.2, 0) is 18.0 Å². The van der Waals surface area contributed by atoms with Crippen LogP contribution in [0.15, 0.2) is 18.3 Å². The number of fused-ring (bicyclic) bond motifs is 1. The first-order valence-electron chi connectivity index (χ1n) is 6.89. The number of halogens is 3. The van der Waals surface area contributed by atoms with Gasteiger partial charge in [-0.25, -0.2) is 14.5 Å². The highest BCUT2D eigenvalue weighted by atomic mass is 19.4. The molecule has 0 aliphatic rings. The average molecular weight is 356 g/mol. The Hall–Kier alpha value is -3.18. The van der Waals surface area contributed by atoms with E-state index in [9.17, 15) is 18.0 Å². The Morgan fingerprint density at radius 3 is 2.68 bits per heavy atom. The van der Waals surface area contributed by atoms with Gasteiger partial charge in [-0.15, -0.1) is 10.2 Å². The fraction of sp³-hybridized carbons (Fsp3) is 0.308. The lowest BCUT2D eigenvalue weighted by molar-refractivity contribution is -0.143. The second kappa shape index (κ2) is 5.72. The van der Waals surface area contributed by atoms with Crippen molar-refractivity contribution in [1.82, 2.24) is 29.8 Å². The highest BCUT2D eigenvalue weighted by Gasteiger charge is 2.35. The fourth-order valence-electron chi connectivity index (χ4n) is 2.14. The van der Waals surface area contributed by atoms with Crippen molar-refractivity contribution < 1.29 is 27.8 Å². The Kier molecular flexibility index (Phi) is 3.81. The van der Waals surface area contributed by atoms with Crippen LogP contribution < -0.4 is 4.74 Å². The van der Waals surface area contributed by atoms with Crippen LogP contribution in [0.1, 0.15) is 18.7 Å². The van der Waals surface area contributed by atoms with Crippen molar-refractivity contribution in [1.29, 1.82) is 0 Å². The van der Waals surface area contributed by atoms with Crippen molar-refractivity contribution >= 4 is 17.1 Å². The topological polar surface area (TPSA) is 108 Å². The first-order chi connectivity index (χ1) is 11.7. The molecular formula is C13H11F3N6O3. The molecule has 3 heterocycles. The van der Waals surface area contributed by atoms with E-state index in [1.807, 2.05) is 0 Å². The normalized spacial score (nSPS) is 13.2. The van der Waals surface area contributed by atoms with Crippen LogP contribution in [0.5, 0.6) is 11.6 Å². The predicted octanol–water partition coefficient (Wildman–Crippen LogP) is 2.02. The Morgan fingerprint density at radius 1 is 1.36 bits per heavy atom. The molecule has 0 amide bonds. The van der Waals surface area contributed by atoms with E-state index in [2.05, 4.69) is 20.4 Å². The molecule has 0 aromatic carbocycles. The highest BCUT2D eigenvalue weighted by molar-refractivity contribution is 5.77. The average Bonchev–Trinajstić information content (AvgIpc) is 3.09. The molecule has 0 saturated heterocycles. The number of carbonyl (C=O) groups is 1. The summed E-state index contributed by atoms with van der Waals surface area (Å²) in [6.45, 7) is 1.40. The minimum absolute atomic E-state index is 0.0699. The predicted molar refractivity (Wildman–Crippen MR) is 76.0 cm³/mol. The minimum Gasteiger partial charge on any atom is -0.480 e. The van der Waals surface area contributed by atoms with Crippen LogP contribution in [0.25, 0.3) is 11.2 Å². The summed E-state index contributed by atoms with van der Waals surface area (Å²) >= 11 is 0. The van der Waals surface area contributed by atoms with Gasteiger partial charge in [-0.3, -0.25) is 4.68 Å². The van der Waals surface area contributed by atoms with Crippen LogP contribution >= 0.6 is 0 Å². The van der Waals surface area contributed by atoms with E-state index in [-0.39, 0.29) is 22.8 Å². The smallest absolute Gasteiger partial charge is 0.433 e. The summed E-state index contributed by atoms with van der Waals surface area (Å²) < 4.78 is 45.4. The van der Waals surface area contributed by atoms with E-state index < -0.39 is 23.9 Å². The van der Waals surface area contributed by atoms with E-state index >= 15 is 0 Å². The van der Waals surface area contributed by atoms with E-state index in [0.29, 0.717) is 4.68 Å². The number of pyridine rings is 1. The Labute approximate surface area is 137 Å². The maximum Gasteiger partial charge on any atom is 0.433 e. The van der Waals surface area contributed by atoms with Crippen molar-refractivity contribution in [3.63, 3.8) is 0 Å². The molecule has 0 aliphatic carbocycles.